The Morgan fingerprint density at radius 3 is 2.38 bits per heavy atom. The normalized spacial score (nSPS) is 14.6. The second-order valence-corrected chi connectivity index (χ2v) is 7.02. The number of hydrogen-bond donors (Lipinski definition) is 1. The van der Waals surface area contributed by atoms with Crippen LogP contribution in [0.1, 0.15) is 20.3 Å². The van der Waals surface area contributed by atoms with Crippen molar-refractivity contribution >= 4 is 17.5 Å². The molecule has 3 rings (SSSR count). The number of methoxy groups -OCH3 is 1. The quantitative estimate of drug-likeness (QED) is 0.823. The van der Waals surface area contributed by atoms with Crippen LogP contribution in [0.15, 0.2) is 36.5 Å². The minimum Gasteiger partial charge on any atom is -0.497 e. The highest BCUT2D eigenvalue weighted by Crippen LogP contribution is 2.22. The molecule has 1 saturated heterocycles. The molecule has 0 radical (unpaired) electrons. The first kappa shape index (κ1) is 18.3. The van der Waals surface area contributed by atoms with Crippen LogP contribution in [-0.2, 0) is 0 Å². The molecule has 1 aromatic heterocycles. The molecular formula is C20H29N5O. The number of benzene rings is 1. The molecule has 0 aliphatic carbocycles. The Bertz CT molecular complexity index is 681. The Balaban J connectivity index is 1.55. The van der Waals surface area contributed by atoms with Crippen LogP contribution in [0.4, 0.5) is 17.5 Å². The molecule has 6 nitrogen and oxygen atoms in total. The molecule has 140 valence electrons. The van der Waals surface area contributed by atoms with Crippen molar-refractivity contribution in [3.8, 4) is 5.75 Å². The molecular weight excluding hydrogens is 326 g/mol. The van der Waals surface area contributed by atoms with Gasteiger partial charge < -0.3 is 19.9 Å². The van der Waals surface area contributed by atoms with E-state index in [1.807, 2.05) is 24.4 Å². The van der Waals surface area contributed by atoms with Gasteiger partial charge in [-0.05, 0) is 42.7 Å². The molecule has 0 bridgehead atoms. The molecule has 1 fully saturated rings. The summed E-state index contributed by atoms with van der Waals surface area (Å²) in [7, 11) is 1.70. The monoisotopic (exact) mass is 355 g/mol. The Morgan fingerprint density at radius 1 is 1.04 bits per heavy atom. The molecule has 26 heavy (non-hydrogen) atoms. The maximum Gasteiger partial charge on any atom is 0.224 e. The highest BCUT2D eigenvalue weighted by molar-refractivity contribution is 5.51. The zero-order valence-corrected chi connectivity index (χ0v) is 16.0. The predicted molar refractivity (Wildman–Crippen MR) is 107 cm³/mol. The van der Waals surface area contributed by atoms with Gasteiger partial charge in [-0.3, -0.25) is 0 Å². The molecule has 0 saturated carbocycles. The number of piperazine rings is 1. The van der Waals surface area contributed by atoms with Crippen LogP contribution in [-0.4, -0.2) is 49.8 Å². The first-order valence-corrected chi connectivity index (χ1v) is 9.36. The molecule has 0 spiro atoms. The number of hydrogen-bond acceptors (Lipinski definition) is 6. The van der Waals surface area contributed by atoms with Crippen LogP contribution >= 0.6 is 0 Å². The highest BCUT2D eigenvalue weighted by atomic mass is 16.5. The lowest BCUT2D eigenvalue weighted by Gasteiger charge is -2.36. The lowest BCUT2D eigenvalue weighted by molar-refractivity contribution is 0.415. The summed E-state index contributed by atoms with van der Waals surface area (Å²) >= 11 is 0. The number of aromatic nitrogens is 2. The van der Waals surface area contributed by atoms with Crippen molar-refractivity contribution < 1.29 is 4.74 Å². The molecule has 0 atom stereocenters. The summed E-state index contributed by atoms with van der Waals surface area (Å²) in [6.45, 7) is 9.22. The largest absolute Gasteiger partial charge is 0.497 e. The third-order valence-electron chi connectivity index (χ3n) is 4.69. The number of anilines is 3. The van der Waals surface area contributed by atoms with Crippen molar-refractivity contribution in [3.63, 3.8) is 0 Å². The van der Waals surface area contributed by atoms with Gasteiger partial charge >= 0.3 is 0 Å². The van der Waals surface area contributed by atoms with Gasteiger partial charge in [0.15, 0.2) is 0 Å². The fraction of sp³-hybridized carbons (Fsp3) is 0.500. The number of nitrogens with one attached hydrogen (secondary N) is 1. The Labute approximate surface area is 156 Å². The number of ether oxygens (including phenoxy) is 1. The fourth-order valence-corrected chi connectivity index (χ4v) is 3.07. The average molecular weight is 355 g/mol. The summed E-state index contributed by atoms with van der Waals surface area (Å²) in [5.41, 5.74) is 1.24. The van der Waals surface area contributed by atoms with E-state index in [0.717, 1.165) is 56.7 Å². The smallest absolute Gasteiger partial charge is 0.224 e. The molecule has 2 aromatic rings. The lowest BCUT2D eigenvalue weighted by Crippen LogP contribution is -2.46. The van der Waals surface area contributed by atoms with Crippen molar-refractivity contribution in [2.24, 2.45) is 5.92 Å². The van der Waals surface area contributed by atoms with Crippen molar-refractivity contribution in [1.29, 1.82) is 0 Å². The highest BCUT2D eigenvalue weighted by Gasteiger charge is 2.18. The maximum absolute atomic E-state index is 5.24. The summed E-state index contributed by atoms with van der Waals surface area (Å²) in [5, 5.41) is 3.33. The zero-order valence-electron chi connectivity index (χ0n) is 16.0. The maximum atomic E-state index is 5.24. The van der Waals surface area contributed by atoms with E-state index in [1.165, 1.54) is 5.69 Å². The van der Waals surface area contributed by atoms with Crippen LogP contribution in [0.3, 0.4) is 0 Å². The second kappa shape index (κ2) is 8.74. The fourth-order valence-electron chi connectivity index (χ4n) is 3.07. The third-order valence-corrected chi connectivity index (χ3v) is 4.69. The van der Waals surface area contributed by atoms with E-state index >= 15 is 0 Å². The van der Waals surface area contributed by atoms with Gasteiger partial charge in [-0.1, -0.05) is 13.8 Å². The average Bonchev–Trinajstić information content (AvgIpc) is 2.68. The standard InChI is InChI=1S/C20H29N5O/c1-16(2)8-10-21-20-22-11-9-19(23-20)25-14-12-24(13-15-25)17-4-6-18(26-3)7-5-17/h4-7,9,11,16H,8,10,12-15H2,1-3H3,(H,21,22,23). The minimum atomic E-state index is 0.678. The zero-order chi connectivity index (χ0) is 18.4. The van der Waals surface area contributed by atoms with Gasteiger partial charge in [0, 0.05) is 44.6 Å². The van der Waals surface area contributed by atoms with Gasteiger partial charge in [0.1, 0.15) is 11.6 Å². The van der Waals surface area contributed by atoms with E-state index in [1.54, 1.807) is 7.11 Å². The van der Waals surface area contributed by atoms with Gasteiger partial charge in [-0.25, -0.2) is 4.98 Å². The summed E-state index contributed by atoms with van der Waals surface area (Å²) < 4.78 is 5.24. The molecule has 1 aliphatic rings. The molecule has 1 N–H and O–H groups in total. The van der Waals surface area contributed by atoms with E-state index in [9.17, 15) is 0 Å². The topological polar surface area (TPSA) is 53.5 Å². The van der Waals surface area contributed by atoms with Gasteiger partial charge in [0.05, 0.1) is 7.11 Å². The van der Waals surface area contributed by atoms with E-state index < -0.39 is 0 Å². The molecule has 0 amide bonds. The summed E-state index contributed by atoms with van der Waals surface area (Å²) in [6.07, 6.45) is 2.96. The van der Waals surface area contributed by atoms with E-state index in [2.05, 4.69) is 51.1 Å². The number of nitrogens with zero attached hydrogens (tertiary/aromatic N) is 4. The van der Waals surface area contributed by atoms with Crippen molar-refractivity contribution in [3.05, 3.63) is 36.5 Å². The van der Waals surface area contributed by atoms with Crippen LogP contribution in [0.5, 0.6) is 5.75 Å². The molecule has 0 unspecified atom stereocenters. The molecule has 6 heteroatoms. The second-order valence-electron chi connectivity index (χ2n) is 7.02. The predicted octanol–water partition coefficient (Wildman–Crippen LogP) is 3.27. The van der Waals surface area contributed by atoms with Gasteiger partial charge in [-0.15, -0.1) is 0 Å². The van der Waals surface area contributed by atoms with Gasteiger partial charge in [0.25, 0.3) is 0 Å². The SMILES string of the molecule is COc1ccc(N2CCN(c3ccnc(NCCC(C)C)n3)CC2)cc1. The third kappa shape index (κ3) is 4.77. The molecule has 1 aromatic carbocycles. The van der Waals surface area contributed by atoms with Crippen molar-refractivity contribution in [1.82, 2.24) is 9.97 Å². The number of rotatable bonds is 7. The van der Waals surface area contributed by atoms with Crippen LogP contribution in [0.25, 0.3) is 0 Å². The van der Waals surface area contributed by atoms with Crippen molar-refractivity contribution in [2.75, 3.05) is 55.0 Å². The first-order valence-electron chi connectivity index (χ1n) is 9.36. The van der Waals surface area contributed by atoms with E-state index in [0.29, 0.717) is 5.92 Å². The van der Waals surface area contributed by atoms with Crippen LogP contribution < -0.4 is 19.9 Å². The van der Waals surface area contributed by atoms with Gasteiger partial charge in [0.2, 0.25) is 5.95 Å². The Morgan fingerprint density at radius 2 is 1.73 bits per heavy atom. The lowest BCUT2D eigenvalue weighted by atomic mass is 10.1. The Kier molecular flexibility index (Phi) is 6.15. The summed E-state index contributed by atoms with van der Waals surface area (Å²) in [6, 6.07) is 10.3. The van der Waals surface area contributed by atoms with Crippen LogP contribution in [0.2, 0.25) is 0 Å². The Hall–Kier alpha value is -2.50. The van der Waals surface area contributed by atoms with Gasteiger partial charge in [-0.2, -0.15) is 4.98 Å². The van der Waals surface area contributed by atoms with E-state index in [4.69, 9.17) is 4.74 Å². The van der Waals surface area contributed by atoms with E-state index in [-0.39, 0.29) is 0 Å². The minimum absolute atomic E-state index is 0.678. The molecule has 2 heterocycles. The summed E-state index contributed by atoms with van der Waals surface area (Å²) in [4.78, 5) is 13.8. The first-order chi connectivity index (χ1) is 12.7. The van der Waals surface area contributed by atoms with Crippen molar-refractivity contribution in [2.45, 2.75) is 20.3 Å². The molecule has 1 aliphatic heterocycles. The summed E-state index contributed by atoms with van der Waals surface area (Å²) in [5.74, 6) is 3.30. The van der Waals surface area contributed by atoms with Crippen LogP contribution in [0, 0.1) is 5.92 Å².